The van der Waals surface area contributed by atoms with Crippen molar-refractivity contribution in [2.24, 2.45) is 0 Å². The van der Waals surface area contributed by atoms with Gasteiger partial charge in [0.05, 0.1) is 5.56 Å². The summed E-state index contributed by atoms with van der Waals surface area (Å²) in [6.45, 7) is 4.47. The minimum Gasteiger partial charge on any atom is -0.489 e. The topological polar surface area (TPSA) is 35.5 Å². The Morgan fingerprint density at radius 2 is 1.92 bits per heavy atom. The monoisotopic (exact) mass is 324 g/mol. The lowest BCUT2D eigenvalue weighted by Gasteiger charge is -2.05. The summed E-state index contributed by atoms with van der Waals surface area (Å²) in [5.41, 5.74) is 2.37. The first kappa shape index (κ1) is 16.0. The second kappa shape index (κ2) is 6.71. The van der Waals surface area contributed by atoms with Crippen LogP contribution in [0.3, 0.4) is 0 Å². The molecule has 0 aliphatic carbocycles. The number of ether oxygens (including phenoxy) is 2. The van der Waals surface area contributed by atoms with E-state index in [1.165, 1.54) is 17.7 Å². The summed E-state index contributed by atoms with van der Waals surface area (Å²) >= 11 is 0. The number of rotatable bonds is 4. The Kier molecular flexibility index (Phi) is 4.47. The Morgan fingerprint density at radius 1 is 1.17 bits per heavy atom. The van der Waals surface area contributed by atoms with Crippen LogP contribution in [0.4, 0.5) is 4.39 Å². The van der Waals surface area contributed by atoms with Gasteiger partial charge in [-0.3, -0.25) is 4.79 Å². The van der Waals surface area contributed by atoms with E-state index in [0.717, 1.165) is 0 Å². The first-order valence-electron chi connectivity index (χ1n) is 7.63. The Balaban J connectivity index is 1.79. The van der Waals surface area contributed by atoms with Gasteiger partial charge in [-0.15, -0.1) is 0 Å². The van der Waals surface area contributed by atoms with Gasteiger partial charge in [0, 0.05) is 6.07 Å². The molecule has 0 atom stereocenters. The maximum atomic E-state index is 13.0. The van der Waals surface area contributed by atoms with E-state index < -0.39 is 0 Å². The van der Waals surface area contributed by atoms with Gasteiger partial charge in [-0.2, -0.15) is 0 Å². The summed E-state index contributed by atoms with van der Waals surface area (Å²) in [6.07, 6.45) is 3.57. The largest absolute Gasteiger partial charge is 0.489 e. The van der Waals surface area contributed by atoms with Crippen LogP contribution in [0.15, 0.2) is 59.9 Å². The number of carbonyl (C=O) groups excluding carboxylic acids is 1. The predicted octanol–water partition coefficient (Wildman–Crippen LogP) is 4.79. The summed E-state index contributed by atoms with van der Waals surface area (Å²) in [6, 6.07) is 11.0. The molecule has 0 spiro atoms. The molecule has 1 heterocycles. The molecule has 24 heavy (non-hydrogen) atoms. The molecule has 0 radical (unpaired) electrons. The highest BCUT2D eigenvalue weighted by atomic mass is 19.1. The van der Waals surface area contributed by atoms with Crippen LogP contribution in [0, 0.1) is 5.82 Å². The zero-order chi connectivity index (χ0) is 17.1. The smallest absolute Gasteiger partial charge is 0.231 e. The number of ketones is 1. The molecule has 0 amide bonds. The van der Waals surface area contributed by atoms with Gasteiger partial charge in [-0.1, -0.05) is 17.7 Å². The molecule has 0 unspecified atom stereocenters. The molecule has 2 aromatic carbocycles. The molecule has 0 fully saturated rings. The van der Waals surface area contributed by atoms with Crippen molar-refractivity contribution in [3.05, 3.63) is 76.8 Å². The highest BCUT2D eigenvalue weighted by Crippen LogP contribution is 2.34. The van der Waals surface area contributed by atoms with Gasteiger partial charge in [0.1, 0.15) is 23.9 Å². The SMILES string of the molecule is CC(C)=CCOc1ccc2c(c1)O/C(=C\c1ccc(F)cc1)C2=O. The Morgan fingerprint density at radius 3 is 2.62 bits per heavy atom. The molecule has 3 nitrogen and oxygen atoms in total. The lowest BCUT2D eigenvalue weighted by molar-refractivity contribution is 0.101. The van der Waals surface area contributed by atoms with Crippen molar-refractivity contribution < 1.29 is 18.7 Å². The van der Waals surface area contributed by atoms with Crippen molar-refractivity contribution in [1.29, 1.82) is 0 Å². The fraction of sp³-hybridized carbons (Fsp3) is 0.150. The maximum Gasteiger partial charge on any atom is 0.231 e. The van der Waals surface area contributed by atoms with Gasteiger partial charge < -0.3 is 9.47 Å². The van der Waals surface area contributed by atoms with Gasteiger partial charge >= 0.3 is 0 Å². The van der Waals surface area contributed by atoms with E-state index in [-0.39, 0.29) is 17.4 Å². The molecule has 1 aliphatic rings. The van der Waals surface area contributed by atoms with Crippen molar-refractivity contribution in [2.45, 2.75) is 13.8 Å². The molecule has 3 rings (SSSR count). The van der Waals surface area contributed by atoms with Gasteiger partial charge in [-0.05, 0) is 55.8 Å². The van der Waals surface area contributed by atoms with Crippen LogP contribution in [-0.2, 0) is 0 Å². The lowest BCUT2D eigenvalue weighted by atomic mass is 10.1. The second-order valence-electron chi connectivity index (χ2n) is 5.74. The number of fused-ring (bicyclic) bond motifs is 1. The normalized spacial score (nSPS) is 14.3. The molecule has 0 N–H and O–H groups in total. The van der Waals surface area contributed by atoms with Gasteiger partial charge in [0.15, 0.2) is 5.76 Å². The second-order valence-corrected chi connectivity index (χ2v) is 5.74. The van der Waals surface area contributed by atoms with Gasteiger partial charge in [0.25, 0.3) is 0 Å². The van der Waals surface area contributed by atoms with E-state index in [9.17, 15) is 9.18 Å². The third-order valence-electron chi connectivity index (χ3n) is 3.55. The van der Waals surface area contributed by atoms with E-state index in [2.05, 4.69) is 0 Å². The highest BCUT2D eigenvalue weighted by Gasteiger charge is 2.27. The molecule has 122 valence electrons. The minimum atomic E-state index is -0.322. The van der Waals surface area contributed by atoms with E-state index >= 15 is 0 Å². The van der Waals surface area contributed by atoms with Crippen LogP contribution in [0.25, 0.3) is 6.08 Å². The van der Waals surface area contributed by atoms with E-state index in [0.29, 0.717) is 29.2 Å². The molecule has 4 heteroatoms. The number of benzene rings is 2. The molecule has 0 saturated heterocycles. The summed E-state index contributed by atoms with van der Waals surface area (Å²) < 4.78 is 24.2. The average molecular weight is 324 g/mol. The predicted molar refractivity (Wildman–Crippen MR) is 90.7 cm³/mol. The third-order valence-corrected chi connectivity index (χ3v) is 3.55. The van der Waals surface area contributed by atoms with E-state index in [1.807, 2.05) is 19.9 Å². The van der Waals surface area contributed by atoms with Crippen molar-refractivity contribution >= 4 is 11.9 Å². The number of allylic oxidation sites excluding steroid dienone is 2. The van der Waals surface area contributed by atoms with Crippen LogP contribution in [0.1, 0.15) is 29.8 Å². The Hall–Kier alpha value is -2.88. The number of carbonyl (C=O) groups is 1. The van der Waals surface area contributed by atoms with Gasteiger partial charge in [-0.25, -0.2) is 4.39 Å². The fourth-order valence-electron chi connectivity index (χ4n) is 2.27. The minimum absolute atomic E-state index is 0.190. The zero-order valence-corrected chi connectivity index (χ0v) is 13.5. The number of hydrogen-bond acceptors (Lipinski definition) is 3. The fourth-order valence-corrected chi connectivity index (χ4v) is 2.27. The van der Waals surface area contributed by atoms with Crippen molar-refractivity contribution in [1.82, 2.24) is 0 Å². The van der Waals surface area contributed by atoms with Crippen LogP contribution in [0.2, 0.25) is 0 Å². The zero-order valence-electron chi connectivity index (χ0n) is 13.5. The lowest BCUT2D eigenvalue weighted by Crippen LogP contribution is -1.98. The highest BCUT2D eigenvalue weighted by molar-refractivity contribution is 6.14. The van der Waals surface area contributed by atoms with Crippen LogP contribution >= 0.6 is 0 Å². The van der Waals surface area contributed by atoms with E-state index in [4.69, 9.17) is 9.47 Å². The summed E-state index contributed by atoms with van der Waals surface area (Å²) in [7, 11) is 0. The quantitative estimate of drug-likeness (QED) is 0.599. The van der Waals surface area contributed by atoms with Crippen molar-refractivity contribution in [3.8, 4) is 11.5 Å². The Bertz CT molecular complexity index is 828. The van der Waals surface area contributed by atoms with Crippen LogP contribution in [-0.4, -0.2) is 12.4 Å². The summed E-state index contributed by atoms with van der Waals surface area (Å²) in [4.78, 5) is 12.4. The standard InChI is InChI=1S/C20H17FO3/c1-13(2)9-10-23-16-7-8-17-18(12-16)24-19(20(17)22)11-14-3-5-15(21)6-4-14/h3-9,11-12H,10H2,1-2H3/b19-11-. The molecule has 2 aromatic rings. The number of Topliss-reactive ketones (excluding diaryl/α,β-unsaturated/α-hetero) is 1. The molecular formula is C20H17FO3. The molecule has 1 aliphatic heterocycles. The van der Waals surface area contributed by atoms with Gasteiger partial charge in [0.2, 0.25) is 5.78 Å². The Labute approximate surface area is 140 Å². The number of halogens is 1. The van der Waals surface area contributed by atoms with E-state index in [1.54, 1.807) is 36.4 Å². The first-order valence-corrected chi connectivity index (χ1v) is 7.63. The van der Waals surface area contributed by atoms with Crippen LogP contribution < -0.4 is 9.47 Å². The molecule has 0 saturated carbocycles. The van der Waals surface area contributed by atoms with Crippen LogP contribution in [0.5, 0.6) is 11.5 Å². The molecular weight excluding hydrogens is 307 g/mol. The summed E-state index contributed by atoms with van der Waals surface area (Å²) in [5.74, 6) is 0.825. The maximum absolute atomic E-state index is 13.0. The molecule has 0 aromatic heterocycles. The average Bonchev–Trinajstić information content (AvgIpc) is 2.85. The first-order chi connectivity index (χ1) is 11.5. The van der Waals surface area contributed by atoms with Crippen molar-refractivity contribution in [2.75, 3.05) is 6.61 Å². The summed E-state index contributed by atoms with van der Waals surface area (Å²) in [5, 5.41) is 0. The third kappa shape index (κ3) is 3.54. The number of hydrogen-bond donors (Lipinski definition) is 0. The molecule has 0 bridgehead atoms. The van der Waals surface area contributed by atoms with Crippen molar-refractivity contribution in [3.63, 3.8) is 0 Å².